The molecule has 0 amide bonds. The molecule has 0 unspecified atom stereocenters. The van der Waals surface area contributed by atoms with Crippen LogP contribution < -0.4 is 10.3 Å². The number of piperazine rings is 1. The second-order valence-corrected chi connectivity index (χ2v) is 9.12. The van der Waals surface area contributed by atoms with Gasteiger partial charge in [-0.25, -0.2) is 0 Å². The van der Waals surface area contributed by atoms with Crippen molar-refractivity contribution in [2.45, 2.75) is 12.7 Å². The van der Waals surface area contributed by atoms with Gasteiger partial charge in [0.1, 0.15) is 11.3 Å². The number of phenols is 1. The van der Waals surface area contributed by atoms with E-state index in [2.05, 4.69) is 4.90 Å². The summed E-state index contributed by atoms with van der Waals surface area (Å²) in [7, 11) is 0. The largest absolute Gasteiger partial charge is 0.507 e. The number of benzene rings is 3. The molecule has 1 fully saturated rings. The third-order valence-corrected chi connectivity index (χ3v) is 6.66. The third kappa shape index (κ3) is 4.66. The Kier molecular flexibility index (Phi) is 6.40. The zero-order valence-electron chi connectivity index (χ0n) is 19.1. The van der Waals surface area contributed by atoms with Gasteiger partial charge < -0.3 is 14.4 Å². The van der Waals surface area contributed by atoms with Gasteiger partial charge in [-0.05, 0) is 42.0 Å². The first-order valence-corrected chi connectivity index (χ1v) is 11.8. The summed E-state index contributed by atoms with van der Waals surface area (Å²) >= 11 is 5.88. The van der Waals surface area contributed by atoms with Crippen LogP contribution in [0.4, 0.5) is 18.9 Å². The van der Waals surface area contributed by atoms with E-state index in [4.69, 9.17) is 16.0 Å². The Labute approximate surface area is 209 Å². The number of para-hydroxylation sites is 1. The van der Waals surface area contributed by atoms with Crippen molar-refractivity contribution < 1.29 is 22.7 Å². The van der Waals surface area contributed by atoms with E-state index in [1.165, 1.54) is 36.4 Å². The molecular weight excluding hydrogens is 493 g/mol. The van der Waals surface area contributed by atoms with Crippen molar-refractivity contribution in [2.24, 2.45) is 0 Å². The molecular formula is C27H22ClF3N2O3. The van der Waals surface area contributed by atoms with Crippen molar-refractivity contribution in [1.29, 1.82) is 0 Å². The van der Waals surface area contributed by atoms with Crippen molar-refractivity contribution in [3.8, 4) is 16.9 Å². The van der Waals surface area contributed by atoms with E-state index in [0.29, 0.717) is 31.2 Å². The summed E-state index contributed by atoms with van der Waals surface area (Å²) in [5.41, 5.74) is -0.350. The standard InChI is InChI=1S/C27H22ClF3N2O3/c28-18-8-6-17(7-9-18)23-24(35)20-10-11-22(34)21(25(20)36-26(23)27(29,30)31)16-32-12-14-33(15-13-32)19-4-2-1-3-5-19/h1-11,34H,12-16H2. The zero-order chi connectivity index (χ0) is 25.4. The number of phenolic OH excluding ortho intramolecular Hbond substituents is 1. The number of hydrogen-bond acceptors (Lipinski definition) is 5. The maximum absolute atomic E-state index is 14.1. The highest BCUT2D eigenvalue weighted by molar-refractivity contribution is 6.30. The van der Waals surface area contributed by atoms with Gasteiger partial charge in [0.2, 0.25) is 11.2 Å². The van der Waals surface area contributed by atoms with Crippen molar-refractivity contribution in [3.63, 3.8) is 0 Å². The highest BCUT2D eigenvalue weighted by atomic mass is 35.5. The monoisotopic (exact) mass is 514 g/mol. The second-order valence-electron chi connectivity index (χ2n) is 8.68. The molecule has 186 valence electrons. The molecule has 1 aliphatic rings. The Bertz CT molecular complexity index is 1450. The van der Waals surface area contributed by atoms with Crippen LogP contribution in [0, 0.1) is 0 Å². The summed E-state index contributed by atoms with van der Waals surface area (Å²) in [5.74, 6) is -1.62. The number of alkyl halides is 3. The van der Waals surface area contributed by atoms with Crippen LogP contribution in [0.5, 0.6) is 5.75 Å². The number of halogens is 4. The Morgan fingerprint density at radius 2 is 1.58 bits per heavy atom. The highest BCUT2D eigenvalue weighted by Crippen LogP contribution is 2.39. The van der Waals surface area contributed by atoms with Crippen LogP contribution in [0.1, 0.15) is 11.3 Å². The van der Waals surface area contributed by atoms with Gasteiger partial charge in [-0.2, -0.15) is 13.2 Å². The van der Waals surface area contributed by atoms with Gasteiger partial charge in [-0.15, -0.1) is 0 Å². The number of anilines is 1. The van der Waals surface area contributed by atoms with Gasteiger partial charge >= 0.3 is 6.18 Å². The van der Waals surface area contributed by atoms with E-state index in [9.17, 15) is 23.1 Å². The van der Waals surface area contributed by atoms with Gasteiger partial charge in [0.25, 0.3) is 0 Å². The molecule has 4 aromatic rings. The average Bonchev–Trinajstić information content (AvgIpc) is 2.87. The molecule has 0 aliphatic carbocycles. The summed E-state index contributed by atoms with van der Waals surface area (Å²) < 4.78 is 47.6. The van der Waals surface area contributed by atoms with Crippen molar-refractivity contribution in [2.75, 3.05) is 31.1 Å². The minimum absolute atomic E-state index is 0.0244. The maximum atomic E-state index is 14.1. The number of aromatic hydroxyl groups is 1. The van der Waals surface area contributed by atoms with Crippen LogP contribution in [-0.4, -0.2) is 36.2 Å². The molecule has 5 nitrogen and oxygen atoms in total. The van der Waals surface area contributed by atoms with E-state index in [1.54, 1.807) is 0 Å². The molecule has 2 heterocycles. The predicted octanol–water partition coefficient (Wildman–Crippen LogP) is 6.16. The van der Waals surface area contributed by atoms with Gasteiger partial charge in [0.05, 0.1) is 16.5 Å². The molecule has 0 saturated carbocycles. The SMILES string of the molecule is O=c1c(-c2ccc(Cl)cc2)c(C(F)(F)F)oc2c(CN3CCN(c4ccccc4)CC3)c(O)ccc12. The lowest BCUT2D eigenvalue weighted by molar-refractivity contribution is -0.152. The van der Waals surface area contributed by atoms with Crippen LogP contribution in [0.3, 0.4) is 0 Å². The minimum Gasteiger partial charge on any atom is -0.507 e. The Morgan fingerprint density at radius 3 is 2.22 bits per heavy atom. The Balaban J connectivity index is 1.53. The van der Waals surface area contributed by atoms with Gasteiger partial charge in [0.15, 0.2) is 0 Å². The summed E-state index contributed by atoms with van der Waals surface area (Å²) in [6.45, 7) is 2.84. The van der Waals surface area contributed by atoms with E-state index in [0.717, 1.165) is 5.69 Å². The first-order chi connectivity index (χ1) is 17.2. The van der Waals surface area contributed by atoms with Crippen LogP contribution >= 0.6 is 11.6 Å². The smallest absolute Gasteiger partial charge is 0.450 e. The molecule has 36 heavy (non-hydrogen) atoms. The number of hydrogen-bond donors (Lipinski definition) is 1. The van der Waals surface area contributed by atoms with Crippen LogP contribution in [-0.2, 0) is 12.7 Å². The molecule has 0 bridgehead atoms. The lowest BCUT2D eigenvalue weighted by Gasteiger charge is -2.36. The minimum atomic E-state index is -4.92. The summed E-state index contributed by atoms with van der Waals surface area (Å²) in [4.78, 5) is 17.6. The van der Waals surface area contributed by atoms with Crippen molar-refractivity contribution in [1.82, 2.24) is 4.90 Å². The molecule has 1 saturated heterocycles. The molecule has 0 spiro atoms. The first kappa shape index (κ1) is 24.2. The highest BCUT2D eigenvalue weighted by Gasteiger charge is 2.40. The fraction of sp³-hybridized carbons (Fsp3) is 0.222. The molecule has 0 radical (unpaired) electrons. The lowest BCUT2D eigenvalue weighted by Crippen LogP contribution is -2.46. The molecule has 1 N–H and O–H groups in total. The third-order valence-electron chi connectivity index (χ3n) is 6.40. The Morgan fingerprint density at radius 1 is 0.917 bits per heavy atom. The topological polar surface area (TPSA) is 56.9 Å². The fourth-order valence-electron chi connectivity index (χ4n) is 4.56. The summed E-state index contributed by atoms with van der Waals surface area (Å²) in [6.07, 6.45) is -4.92. The molecule has 0 atom stereocenters. The summed E-state index contributed by atoms with van der Waals surface area (Å²) in [5, 5.41) is 10.9. The summed E-state index contributed by atoms with van der Waals surface area (Å²) in [6, 6.07) is 18.1. The van der Waals surface area contributed by atoms with E-state index < -0.39 is 22.9 Å². The quantitative estimate of drug-likeness (QED) is 0.353. The second kappa shape index (κ2) is 9.52. The Hall–Kier alpha value is -3.49. The normalized spacial score (nSPS) is 14.9. The molecule has 1 aliphatic heterocycles. The van der Waals surface area contributed by atoms with Gasteiger partial charge in [-0.1, -0.05) is 41.9 Å². The van der Waals surface area contributed by atoms with E-state index in [1.807, 2.05) is 35.2 Å². The van der Waals surface area contributed by atoms with E-state index >= 15 is 0 Å². The first-order valence-electron chi connectivity index (χ1n) is 11.4. The molecule has 1 aromatic heterocycles. The average molecular weight is 515 g/mol. The van der Waals surface area contributed by atoms with Gasteiger partial charge in [-0.3, -0.25) is 9.69 Å². The zero-order valence-corrected chi connectivity index (χ0v) is 19.8. The number of rotatable bonds is 4. The number of fused-ring (bicyclic) bond motifs is 1. The molecule has 3 aromatic carbocycles. The van der Waals surface area contributed by atoms with Crippen molar-refractivity contribution >= 4 is 28.3 Å². The van der Waals surface area contributed by atoms with Crippen LogP contribution in [0.15, 0.2) is 75.9 Å². The van der Waals surface area contributed by atoms with Crippen LogP contribution in [0.25, 0.3) is 22.1 Å². The molecule has 5 rings (SSSR count). The fourth-order valence-corrected chi connectivity index (χ4v) is 4.69. The molecule has 9 heteroatoms. The number of nitrogens with zero attached hydrogens (tertiary/aromatic N) is 2. The van der Waals surface area contributed by atoms with Crippen molar-refractivity contribution in [3.05, 3.63) is 93.3 Å². The lowest BCUT2D eigenvalue weighted by atomic mass is 10.00. The predicted molar refractivity (Wildman–Crippen MR) is 134 cm³/mol. The maximum Gasteiger partial charge on any atom is 0.450 e. The van der Waals surface area contributed by atoms with Crippen LogP contribution in [0.2, 0.25) is 5.02 Å². The van der Waals surface area contributed by atoms with E-state index in [-0.39, 0.29) is 34.4 Å². The van der Waals surface area contributed by atoms with Gasteiger partial charge in [0, 0.05) is 43.4 Å².